The van der Waals surface area contributed by atoms with Crippen molar-refractivity contribution in [1.29, 1.82) is 0 Å². The molecule has 0 unspecified atom stereocenters. The molecule has 0 aliphatic carbocycles. The fourth-order valence-corrected chi connectivity index (χ4v) is 2.80. The van der Waals surface area contributed by atoms with Gasteiger partial charge in [0.15, 0.2) is 0 Å². The fraction of sp³-hybridized carbons (Fsp3) is 0.381. The zero-order valence-corrected chi connectivity index (χ0v) is 15.3. The summed E-state index contributed by atoms with van der Waals surface area (Å²) in [5.41, 5.74) is 2.88. The Morgan fingerprint density at radius 1 is 1.12 bits per heavy atom. The molecule has 1 saturated heterocycles. The predicted molar refractivity (Wildman–Crippen MR) is 99.5 cm³/mol. The minimum Gasteiger partial charge on any atom is -0.489 e. The van der Waals surface area contributed by atoms with Crippen LogP contribution < -0.4 is 4.74 Å². The van der Waals surface area contributed by atoms with E-state index in [9.17, 15) is 4.79 Å². The quantitative estimate of drug-likeness (QED) is 0.799. The molecule has 138 valence electrons. The monoisotopic (exact) mass is 355 g/mol. The summed E-state index contributed by atoms with van der Waals surface area (Å²) in [5, 5.41) is 0. The molecule has 0 bridgehead atoms. The van der Waals surface area contributed by atoms with Crippen molar-refractivity contribution >= 4 is 5.91 Å². The van der Waals surface area contributed by atoms with Crippen LogP contribution in [0.25, 0.3) is 0 Å². The molecular formula is C21H25NO4. The minimum absolute atomic E-state index is 0.0230. The van der Waals surface area contributed by atoms with E-state index in [2.05, 4.69) is 0 Å². The number of aryl methyl sites for hydroxylation is 1. The Balaban J connectivity index is 1.52. The highest BCUT2D eigenvalue weighted by atomic mass is 16.6. The highest BCUT2D eigenvalue weighted by Crippen LogP contribution is 2.15. The van der Waals surface area contributed by atoms with Crippen molar-refractivity contribution in [2.24, 2.45) is 0 Å². The van der Waals surface area contributed by atoms with Crippen molar-refractivity contribution < 1.29 is 19.0 Å². The first-order valence-corrected chi connectivity index (χ1v) is 8.85. The van der Waals surface area contributed by atoms with Crippen molar-refractivity contribution in [3.05, 3.63) is 65.2 Å². The number of amides is 1. The van der Waals surface area contributed by atoms with Crippen LogP contribution in [-0.2, 0) is 16.1 Å². The Hall–Kier alpha value is -2.37. The Bertz CT molecular complexity index is 706. The highest BCUT2D eigenvalue weighted by Gasteiger charge is 2.20. The maximum Gasteiger partial charge on any atom is 0.253 e. The second kappa shape index (κ2) is 8.83. The van der Waals surface area contributed by atoms with Crippen molar-refractivity contribution in [3.8, 4) is 5.75 Å². The first-order chi connectivity index (χ1) is 12.6. The molecule has 3 rings (SSSR count). The Morgan fingerprint density at radius 2 is 1.85 bits per heavy atom. The van der Waals surface area contributed by atoms with E-state index in [1.807, 2.05) is 55.5 Å². The number of nitrogens with zero attached hydrogens (tertiary/aromatic N) is 1. The number of carbonyl (C=O) groups is 1. The average Bonchev–Trinajstić information content (AvgIpc) is 2.68. The van der Waals surface area contributed by atoms with Gasteiger partial charge in [0.1, 0.15) is 12.4 Å². The van der Waals surface area contributed by atoms with Crippen LogP contribution in [0.1, 0.15) is 21.5 Å². The molecule has 5 nitrogen and oxygen atoms in total. The smallest absolute Gasteiger partial charge is 0.253 e. The predicted octanol–water partition coefficient (Wildman–Crippen LogP) is 3.06. The molecule has 26 heavy (non-hydrogen) atoms. The van der Waals surface area contributed by atoms with Crippen molar-refractivity contribution in [1.82, 2.24) is 4.90 Å². The number of benzene rings is 2. The second-order valence-electron chi connectivity index (χ2n) is 6.55. The molecule has 1 aliphatic heterocycles. The van der Waals surface area contributed by atoms with Gasteiger partial charge in [-0.1, -0.05) is 29.8 Å². The number of carbonyl (C=O) groups excluding carboxylic acids is 1. The Morgan fingerprint density at radius 3 is 2.50 bits per heavy atom. The van der Waals surface area contributed by atoms with Gasteiger partial charge in [0.25, 0.3) is 5.91 Å². The number of hydrogen-bond acceptors (Lipinski definition) is 4. The SMILES string of the molecule is Cc1ccc(OCc2ccc(C(=O)N(C)C[C@H]3COCCO3)cc2)cc1. The van der Waals surface area contributed by atoms with Crippen LogP contribution in [0.15, 0.2) is 48.5 Å². The van der Waals surface area contributed by atoms with E-state index in [4.69, 9.17) is 14.2 Å². The summed E-state index contributed by atoms with van der Waals surface area (Å²) in [5.74, 6) is 0.815. The first-order valence-electron chi connectivity index (χ1n) is 8.85. The van der Waals surface area contributed by atoms with E-state index >= 15 is 0 Å². The molecule has 0 N–H and O–H groups in total. The molecule has 0 saturated carbocycles. The van der Waals surface area contributed by atoms with Crippen molar-refractivity contribution in [3.63, 3.8) is 0 Å². The van der Waals surface area contributed by atoms with Gasteiger partial charge in [0, 0.05) is 19.2 Å². The van der Waals surface area contributed by atoms with Crippen LogP contribution in [0.4, 0.5) is 0 Å². The number of ether oxygens (including phenoxy) is 3. The summed E-state index contributed by atoms with van der Waals surface area (Å²) in [4.78, 5) is 14.2. The molecule has 2 aromatic rings. The normalized spacial score (nSPS) is 16.9. The van der Waals surface area contributed by atoms with Crippen LogP contribution in [0.3, 0.4) is 0 Å². The van der Waals surface area contributed by atoms with E-state index < -0.39 is 0 Å². The molecule has 1 amide bonds. The van der Waals surface area contributed by atoms with E-state index in [1.165, 1.54) is 5.56 Å². The zero-order valence-electron chi connectivity index (χ0n) is 15.3. The van der Waals surface area contributed by atoms with Gasteiger partial charge >= 0.3 is 0 Å². The van der Waals surface area contributed by atoms with Crippen LogP contribution >= 0.6 is 0 Å². The topological polar surface area (TPSA) is 48.0 Å². The van der Waals surface area contributed by atoms with E-state index in [0.717, 1.165) is 11.3 Å². The first kappa shape index (κ1) is 18.4. The third-order valence-electron chi connectivity index (χ3n) is 4.34. The standard InChI is InChI=1S/C21H25NO4/c1-16-3-9-19(10-4-16)26-14-17-5-7-18(8-6-17)21(23)22(2)13-20-15-24-11-12-25-20/h3-10,20H,11-15H2,1-2H3/t20-/m0/s1. The summed E-state index contributed by atoms with van der Waals surface area (Å²) < 4.78 is 16.7. The number of rotatable bonds is 6. The summed E-state index contributed by atoms with van der Waals surface area (Å²) in [6, 6.07) is 15.5. The molecule has 1 fully saturated rings. The van der Waals surface area contributed by atoms with Crippen LogP contribution in [-0.4, -0.2) is 50.3 Å². The average molecular weight is 355 g/mol. The van der Waals surface area contributed by atoms with Gasteiger partial charge in [-0.2, -0.15) is 0 Å². The molecule has 1 atom stereocenters. The van der Waals surface area contributed by atoms with Crippen LogP contribution in [0, 0.1) is 6.92 Å². The van der Waals surface area contributed by atoms with E-state index in [1.54, 1.807) is 11.9 Å². The molecule has 0 radical (unpaired) electrons. The van der Waals surface area contributed by atoms with Gasteiger partial charge in [0.05, 0.1) is 25.9 Å². The van der Waals surface area contributed by atoms with Crippen LogP contribution in [0.2, 0.25) is 0 Å². The highest BCUT2D eigenvalue weighted by molar-refractivity contribution is 5.94. The van der Waals surface area contributed by atoms with Gasteiger partial charge in [-0.3, -0.25) is 4.79 Å². The lowest BCUT2D eigenvalue weighted by molar-refractivity contribution is -0.0933. The summed E-state index contributed by atoms with van der Waals surface area (Å²) in [7, 11) is 1.79. The maximum atomic E-state index is 12.5. The second-order valence-corrected chi connectivity index (χ2v) is 6.55. The van der Waals surface area contributed by atoms with E-state index in [0.29, 0.717) is 38.5 Å². The third kappa shape index (κ3) is 5.07. The van der Waals surface area contributed by atoms with Gasteiger partial charge < -0.3 is 19.1 Å². The number of likely N-dealkylation sites (N-methyl/N-ethyl adjacent to an activating group) is 1. The fourth-order valence-electron chi connectivity index (χ4n) is 2.80. The minimum atomic E-state index is -0.0557. The van der Waals surface area contributed by atoms with Crippen molar-refractivity contribution in [2.45, 2.75) is 19.6 Å². The molecule has 1 aliphatic rings. The molecule has 2 aromatic carbocycles. The third-order valence-corrected chi connectivity index (χ3v) is 4.34. The lowest BCUT2D eigenvalue weighted by Gasteiger charge is -2.27. The lowest BCUT2D eigenvalue weighted by Crippen LogP contribution is -2.40. The molecule has 0 aromatic heterocycles. The Kier molecular flexibility index (Phi) is 6.26. The maximum absolute atomic E-state index is 12.5. The zero-order chi connectivity index (χ0) is 18.4. The summed E-state index contributed by atoms with van der Waals surface area (Å²) in [6.45, 7) is 4.79. The molecular weight excluding hydrogens is 330 g/mol. The van der Waals surface area contributed by atoms with Gasteiger partial charge in [0.2, 0.25) is 0 Å². The van der Waals surface area contributed by atoms with E-state index in [-0.39, 0.29) is 12.0 Å². The van der Waals surface area contributed by atoms with Gasteiger partial charge in [-0.05, 0) is 36.8 Å². The Labute approximate surface area is 154 Å². The molecule has 5 heteroatoms. The summed E-state index contributed by atoms with van der Waals surface area (Å²) >= 11 is 0. The van der Waals surface area contributed by atoms with Crippen molar-refractivity contribution in [2.75, 3.05) is 33.4 Å². The largest absolute Gasteiger partial charge is 0.489 e. The van der Waals surface area contributed by atoms with Gasteiger partial charge in [-0.25, -0.2) is 0 Å². The lowest BCUT2D eigenvalue weighted by atomic mass is 10.1. The molecule has 0 spiro atoms. The number of hydrogen-bond donors (Lipinski definition) is 0. The molecule has 1 heterocycles. The summed E-state index contributed by atoms with van der Waals surface area (Å²) in [6.07, 6.45) is -0.0557. The van der Waals surface area contributed by atoms with Gasteiger partial charge in [-0.15, -0.1) is 0 Å². The van der Waals surface area contributed by atoms with Crippen LogP contribution in [0.5, 0.6) is 5.75 Å².